The average molecular weight is 424 g/mol. The molecule has 164 valence electrons. The number of benzene rings is 1. The summed E-state index contributed by atoms with van der Waals surface area (Å²) in [6, 6.07) is 6.30. The van der Waals surface area contributed by atoms with Gasteiger partial charge in [-0.15, -0.1) is 0 Å². The third-order valence-electron chi connectivity index (χ3n) is 5.03. The molecule has 1 heterocycles. The second-order valence-electron chi connectivity index (χ2n) is 8.86. The molecule has 2 N–H and O–H groups in total. The molecule has 1 fully saturated rings. The van der Waals surface area contributed by atoms with Crippen molar-refractivity contribution in [3.05, 3.63) is 30.0 Å². The fourth-order valence-electron chi connectivity index (χ4n) is 3.28. The van der Waals surface area contributed by atoms with Gasteiger partial charge in [0, 0.05) is 24.4 Å². The SMILES string of the molecule is CC(C)(C)C(NC(=O)c1nn(CCCC(F)(F)F)c2ccccc12)C(=O)NC1CC1. The van der Waals surface area contributed by atoms with E-state index in [0.717, 1.165) is 12.8 Å². The van der Waals surface area contributed by atoms with Crippen LogP contribution in [-0.4, -0.2) is 39.9 Å². The van der Waals surface area contributed by atoms with Crippen molar-refractivity contribution < 1.29 is 22.8 Å². The molecule has 30 heavy (non-hydrogen) atoms. The quantitative estimate of drug-likeness (QED) is 0.710. The first-order chi connectivity index (χ1) is 14.0. The Hall–Kier alpha value is -2.58. The topological polar surface area (TPSA) is 76.0 Å². The molecule has 6 nitrogen and oxygen atoms in total. The van der Waals surface area contributed by atoms with Crippen molar-refractivity contribution in [1.29, 1.82) is 0 Å². The lowest BCUT2D eigenvalue weighted by Gasteiger charge is -2.30. The van der Waals surface area contributed by atoms with E-state index in [0.29, 0.717) is 10.9 Å². The summed E-state index contributed by atoms with van der Waals surface area (Å²) in [5.41, 5.74) is 0.158. The molecule has 1 aliphatic rings. The van der Waals surface area contributed by atoms with E-state index in [1.54, 1.807) is 24.3 Å². The highest BCUT2D eigenvalue weighted by atomic mass is 19.4. The van der Waals surface area contributed by atoms with E-state index in [9.17, 15) is 22.8 Å². The zero-order valence-corrected chi connectivity index (χ0v) is 17.3. The minimum atomic E-state index is -4.24. The fourth-order valence-corrected chi connectivity index (χ4v) is 3.28. The molecule has 0 spiro atoms. The number of aromatic nitrogens is 2. The number of hydrogen-bond donors (Lipinski definition) is 2. The summed E-state index contributed by atoms with van der Waals surface area (Å²) in [5.74, 6) is -0.765. The Labute approximate surface area is 173 Å². The zero-order chi connectivity index (χ0) is 22.1. The normalized spacial score (nSPS) is 15.8. The van der Waals surface area contributed by atoms with E-state index in [1.165, 1.54) is 4.68 Å². The van der Waals surface area contributed by atoms with Crippen molar-refractivity contribution in [1.82, 2.24) is 20.4 Å². The van der Waals surface area contributed by atoms with Gasteiger partial charge in [-0.25, -0.2) is 0 Å². The number of halogens is 3. The predicted octanol–water partition coefficient (Wildman–Crippen LogP) is 3.80. The van der Waals surface area contributed by atoms with Crippen molar-refractivity contribution in [3.63, 3.8) is 0 Å². The summed E-state index contributed by atoms with van der Waals surface area (Å²) < 4.78 is 38.9. The molecular weight excluding hydrogens is 397 g/mol. The summed E-state index contributed by atoms with van der Waals surface area (Å²) in [4.78, 5) is 25.7. The van der Waals surface area contributed by atoms with Crippen molar-refractivity contribution in [2.24, 2.45) is 5.41 Å². The van der Waals surface area contributed by atoms with Crippen LogP contribution in [-0.2, 0) is 11.3 Å². The summed E-state index contributed by atoms with van der Waals surface area (Å²) in [7, 11) is 0. The highest BCUT2D eigenvalue weighted by Crippen LogP contribution is 2.26. The van der Waals surface area contributed by atoms with Crippen LogP contribution in [0.3, 0.4) is 0 Å². The Bertz CT molecular complexity index is 926. The molecule has 1 unspecified atom stereocenters. The zero-order valence-electron chi connectivity index (χ0n) is 17.3. The number of rotatable bonds is 7. The summed E-state index contributed by atoms with van der Waals surface area (Å²) in [5, 5.41) is 10.5. The van der Waals surface area contributed by atoms with Crippen molar-refractivity contribution >= 4 is 22.7 Å². The van der Waals surface area contributed by atoms with E-state index in [2.05, 4.69) is 15.7 Å². The molecule has 2 amide bonds. The maximum absolute atomic E-state index is 13.0. The number of fused-ring (bicyclic) bond motifs is 1. The van der Waals surface area contributed by atoms with Gasteiger partial charge in [0.1, 0.15) is 6.04 Å². The smallest absolute Gasteiger partial charge is 0.352 e. The third-order valence-corrected chi connectivity index (χ3v) is 5.03. The van der Waals surface area contributed by atoms with Gasteiger partial charge in [-0.05, 0) is 30.7 Å². The largest absolute Gasteiger partial charge is 0.389 e. The molecule has 0 radical (unpaired) electrons. The lowest BCUT2D eigenvalue weighted by atomic mass is 9.86. The summed E-state index contributed by atoms with van der Waals surface area (Å²) >= 11 is 0. The molecule has 1 atom stereocenters. The molecule has 1 saturated carbocycles. The van der Waals surface area contributed by atoms with Crippen LogP contribution >= 0.6 is 0 Å². The number of alkyl halides is 3. The standard InChI is InChI=1S/C21H27F3N4O2/c1-20(2,3)17(19(30)25-13-9-10-13)26-18(29)16-14-7-4-5-8-15(14)28(27-16)12-6-11-21(22,23)24/h4-5,7-8,13,17H,6,9-12H2,1-3H3,(H,25,30)(H,26,29). The van der Waals surface area contributed by atoms with Crippen LogP contribution in [0, 0.1) is 5.41 Å². The van der Waals surface area contributed by atoms with Crippen molar-refractivity contribution in [2.45, 2.75) is 71.3 Å². The molecule has 0 aliphatic heterocycles. The second kappa shape index (κ2) is 8.28. The van der Waals surface area contributed by atoms with Crippen molar-refractivity contribution in [3.8, 4) is 0 Å². The van der Waals surface area contributed by atoms with E-state index < -0.39 is 30.0 Å². The van der Waals surface area contributed by atoms with Crippen LogP contribution in [0.2, 0.25) is 0 Å². The van der Waals surface area contributed by atoms with Gasteiger partial charge >= 0.3 is 6.18 Å². The Morgan fingerprint density at radius 2 is 1.87 bits per heavy atom. The van der Waals surface area contributed by atoms with Gasteiger partial charge in [0.05, 0.1) is 5.52 Å². The molecule has 0 bridgehead atoms. The Morgan fingerprint density at radius 1 is 1.20 bits per heavy atom. The van der Waals surface area contributed by atoms with Gasteiger partial charge in [0.25, 0.3) is 5.91 Å². The lowest BCUT2D eigenvalue weighted by Crippen LogP contribution is -2.54. The van der Waals surface area contributed by atoms with E-state index in [4.69, 9.17) is 0 Å². The molecule has 9 heteroatoms. The number of nitrogens with one attached hydrogen (secondary N) is 2. The Balaban J connectivity index is 1.82. The maximum Gasteiger partial charge on any atom is 0.389 e. The highest BCUT2D eigenvalue weighted by Gasteiger charge is 2.36. The number of hydrogen-bond acceptors (Lipinski definition) is 3. The molecule has 1 aliphatic carbocycles. The molecule has 1 aromatic carbocycles. The minimum Gasteiger partial charge on any atom is -0.352 e. The molecular formula is C21H27F3N4O2. The lowest BCUT2D eigenvalue weighted by molar-refractivity contribution is -0.136. The Morgan fingerprint density at radius 3 is 2.47 bits per heavy atom. The number of amides is 2. The minimum absolute atomic E-state index is 0.0399. The van der Waals surface area contributed by atoms with E-state index in [1.807, 2.05) is 20.8 Å². The van der Waals surface area contributed by atoms with Gasteiger partial charge in [-0.1, -0.05) is 39.0 Å². The summed E-state index contributed by atoms with van der Waals surface area (Å²) in [6.07, 6.45) is -3.42. The number of nitrogens with zero attached hydrogens (tertiary/aromatic N) is 2. The van der Waals surface area contributed by atoms with E-state index >= 15 is 0 Å². The van der Waals surface area contributed by atoms with Crippen LogP contribution < -0.4 is 10.6 Å². The van der Waals surface area contributed by atoms with Gasteiger partial charge in [0.15, 0.2) is 5.69 Å². The first-order valence-corrected chi connectivity index (χ1v) is 10.1. The third kappa shape index (κ3) is 5.52. The molecule has 1 aromatic heterocycles. The molecule has 0 saturated heterocycles. The van der Waals surface area contributed by atoms with Gasteiger partial charge in [-0.3, -0.25) is 14.3 Å². The van der Waals surface area contributed by atoms with Crippen LogP contribution in [0.15, 0.2) is 24.3 Å². The number of carbonyl (C=O) groups excluding carboxylic acids is 2. The van der Waals surface area contributed by atoms with Crippen LogP contribution in [0.4, 0.5) is 13.2 Å². The summed E-state index contributed by atoms with van der Waals surface area (Å²) in [6.45, 7) is 5.62. The van der Waals surface area contributed by atoms with Gasteiger partial charge < -0.3 is 10.6 Å². The molecule has 3 rings (SSSR count). The van der Waals surface area contributed by atoms with Crippen molar-refractivity contribution in [2.75, 3.05) is 0 Å². The van der Waals surface area contributed by atoms with Crippen LogP contribution in [0.1, 0.15) is 56.9 Å². The predicted molar refractivity (Wildman–Crippen MR) is 107 cm³/mol. The number of aryl methyl sites for hydroxylation is 1. The number of carbonyl (C=O) groups is 2. The first-order valence-electron chi connectivity index (χ1n) is 10.1. The monoisotopic (exact) mass is 424 g/mol. The highest BCUT2D eigenvalue weighted by molar-refractivity contribution is 6.06. The van der Waals surface area contributed by atoms with E-state index in [-0.39, 0.29) is 30.6 Å². The number of para-hydroxylation sites is 1. The Kier molecular flexibility index (Phi) is 6.10. The van der Waals surface area contributed by atoms with Crippen LogP contribution in [0.5, 0.6) is 0 Å². The van der Waals surface area contributed by atoms with Crippen LogP contribution in [0.25, 0.3) is 10.9 Å². The van der Waals surface area contributed by atoms with Gasteiger partial charge in [0.2, 0.25) is 5.91 Å². The average Bonchev–Trinajstić information content (AvgIpc) is 3.37. The first kappa shape index (κ1) is 22.1. The molecule has 2 aromatic rings. The van der Waals surface area contributed by atoms with Gasteiger partial charge in [-0.2, -0.15) is 18.3 Å². The maximum atomic E-state index is 13.0. The fraction of sp³-hybridized carbons (Fsp3) is 0.571. The second-order valence-corrected chi connectivity index (χ2v) is 8.86.